The van der Waals surface area contributed by atoms with Crippen molar-refractivity contribution in [3.05, 3.63) is 36.0 Å². The molecule has 0 aliphatic carbocycles. The molecule has 2 aromatic rings. The van der Waals surface area contributed by atoms with Gasteiger partial charge in [-0.15, -0.1) is 0 Å². The Morgan fingerprint density at radius 3 is 2.19 bits per heavy atom. The standard InChI is InChI=1S/C23H31N7O7/c1-11(28-21(34)14(24)9-19(26)32)20(33)30-17(8-12-10-27-15-5-3-2-4-13(12)15)22(35)29-16(23(36)37)6-7-18(25)31/h2-5,10-11,14,16-17,27H,6-9,24H2,1H3,(H2,25,31)(H2,26,32)(H,28,34)(H,29,35)(H,30,33)(H,36,37). The Bertz CT molecular complexity index is 1180. The number of hydrogen-bond acceptors (Lipinski definition) is 7. The van der Waals surface area contributed by atoms with Crippen molar-refractivity contribution in [3.63, 3.8) is 0 Å². The molecule has 0 radical (unpaired) electrons. The molecule has 4 atom stereocenters. The number of H-pyrrole nitrogens is 1. The van der Waals surface area contributed by atoms with E-state index in [0.717, 1.165) is 10.9 Å². The van der Waals surface area contributed by atoms with Crippen LogP contribution in [0.25, 0.3) is 10.9 Å². The van der Waals surface area contributed by atoms with Crippen LogP contribution in [0.15, 0.2) is 30.5 Å². The lowest BCUT2D eigenvalue weighted by molar-refractivity contribution is -0.142. The second-order valence-corrected chi connectivity index (χ2v) is 8.54. The van der Waals surface area contributed by atoms with Gasteiger partial charge in [0, 0.05) is 29.9 Å². The summed E-state index contributed by atoms with van der Waals surface area (Å²) in [6.45, 7) is 1.35. The van der Waals surface area contributed by atoms with Crippen molar-refractivity contribution in [1.82, 2.24) is 20.9 Å². The van der Waals surface area contributed by atoms with E-state index in [4.69, 9.17) is 17.2 Å². The van der Waals surface area contributed by atoms with Gasteiger partial charge in [-0.1, -0.05) is 18.2 Å². The molecule has 4 unspecified atom stereocenters. The summed E-state index contributed by atoms with van der Waals surface area (Å²) in [5.74, 6) is -5.28. The minimum atomic E-state index is -1.42. The largest absolute Gasteiger partial charge is 0.480 e. The highest BCUT2D eigenvalue weighted by Gasteiger charge is 2.30. The third kappa shape index (κ3) is 8.61. The van der Waals surface area contributed by atoms with E-state index < -0.39 is 66.1 Å². The van der Waals surface area contributed by atoms with E-state index in [1.807, 2.05) is 18.2 Å². The van der Waals surface area contributed by atoms with Gasteiger partial charge in [-0.2, -0.15) is 0 Å². The Kier molecular flexibility index (Phi) is 10.1. The lowest BCUT2D eigenvalue weighted by atomic mass is 10.0. The summed E-state index contributed by atoms with van der Waals surface area (Å²) in [6, 6.07) is 2.15. The number of hydrogen-bond donors (Lipinski definition) is 8. The summed E-state index contributed by atoms with van der Waals surface area (Å²) >= 11 is 0. The number of amides is 5. The zero-order valence-corrected chi connectivity index (χ0v) is 20.2. The first kappa shape index (κ1) is 28.8. The summed E-state index contributed by atoms with van der Waals surface area (Å²) in [5.41, 5.74) is 17.2. The van der Waals surface area contributed by atoms with Gasteiger partial charge in [-0.05, 0) is 25.0 Å². The van der Waals surface area contributed by atoms with E-state index in [2.05, 4.69) is 20.9 Å². The van der Waals surface area contributed by atoms with Crippen molar-refractivity contribution in [2.75, 3.05) is 0 Å². The molecule has 0 aliphatic rings. The third-order valence-corrected chi connectivity index (χ3v) is 5.54. The number of aromatic amines is 1. The average Bonchev–Trinajstić information content (AvgIpc) is 3.23. The zero-order valence-electron chi connectivity index (χ0n) is 20.2. The van der Waals surface area contributed by atoms with Crippen LogP contribution >= 0.6 is 0 Å². The van der Waals surface area contributed by atoms with Gasteiger partial charge in [0.05, 0.1) is 12.5 Å². The maximum atomic E-state index is 13.1. The van der Waals surface area contributed by atoms with E-state index in [-0.39, 0.29) is 19.3 Å². The lowest BCUT2D eigenvalue weighted by Crippen LogP contribution is -2.57. The number of aliphatic carboxylic acids is 1. The van der Waals surface area contributed by atoms with Gasteiger partial charge in [0.2, 0.25) is 29.5 Å². The van der Waals surface area contributed by atoms with Crippen molar-refractivity contribution in [2.24, 2.45) is 17.2 Å². The summed E-state index contributed by atoms with van der Waals surface area (Å²) in [5, 5.41) is 17.4. The minimum absolute atomic E-state index is 0.0222. The molecule has 0 aliphatic heterocycles. The van der Waals surface area contributed by atoms with E-state index >= 15 is 0 Å². The summed E-state index contributed by atoms with van der Waals surface area (Å²) < 4.78 is 0. The first-order chi connectivity index (χ1) is 17.4. The van der Waals surface area contributed by atoms with E-state index in [9.17, 15) is 33.9 Å². The number of rotatable bonds is 14. The van der Waals surface area contributed by atoms with Gasteiger partial charge in [0.1, 0.15) is 18.1 Å². The van der Waals surface area contributed by atoms with Crippen LogP contribution in [0.3, 0.4) is 0 Å². The van der Waals surface area contributed by atoms with Crippen LogP contribution in [-0.4, -0.2) is 69.8 Å². The van der Waals surface area contributed by atoms with E-state index in [1.54, 1.807) is 12.3 Å². The van der Waals surface area contributed by atoms with Crippen LogP contribution in [0.5, 0.6) is 0 Å². The first-order valence-corrected chi connectivity index (χ1v) is 11.4. The number of aromatic nitrogens is 1. The molecular formula is C23H31N7O7. The number of carbonyl (C=O) groups is 6. The fourth-order valence-corrected chi connectivity index (χ4v) is 3.54. The second-order valence-electron chi connectivity index (χ2n) is 8.54. The Labute approximate surface area is 211 Å². The van der Waals surface area contributed by atoms with E-state index in [0.29, 0.717) is 5.56 Å². The highest BCUT2D eigenvalue weighted by Crippen LogP contribution is 2.19. The normalized spacial score (nSPS) is 14.1. The Hall–Kier alpha value is -4.46. The molecule has 0 saturated carbocycles. The van der Waals surface area contributed by atoms with Crippen LogP contribution in [0.4, 0.5) is 0 Å². The monoisotopic (exact) mass is 517 g/mol. The number of carboxylic acid groups (broad SMARTS) is 1. The average molecular weight is 518 g/mol. The smallest absolute Gasteiger partial charge is 0.326 e. The van der Waals surface area contributed by atoms with Crippen LogP contribution in [0.1, 0.15) is 31.7 Å². The molecule has 0 saturated heterocycles. The number of nitrogens with two attached hydrogens (primary N) is 3. The van der Waals surface area contributed by atoms with Crippen molar-refractivity contribution in [3.8, 4) is 0 Å². The van der Waals surface area contributed by atoms with Gasteiger partial charge < -0.3 is 43.2 Å². The van der Waals surface area contributed by atoms with Gasteiger partial charge in [-0.3, -0.25) is 24.0 Å². The molecule has 1 aromatic heterocycles. The molecular weight excluding hydrogens is 486 g/mol. The summed E-state index contributed by atoms with van der Waals surface area (Å²) in [6.07, 6.45) is 0.700. The zero-order chi connectivity index (χ0) is 27.7. The van der Waals surface area contributed by atoms with Crippen molar-refractivity contribution < 1.29 is 33.9 Å². The first-order valence-electron chi connectivity index (χ1n) is 11.4. The predicted molar refractivity (Wildman–Crippen MR) is 131 cm³/mol. The SMILES string of the molecule is CC(NC(=O)C(N)CC(N)=O)C(=O)NC(Cc1c[nH]c2ccccc12)C(=O)NC(CCC(N)=O)C(=O)O. The Balaban J connectivity index is 2.21. The Morgan fingerprint density at radius 1 is 0.919 bits per heavy atom. The third-order valence-electron chi connectivity index (χ3n) is 5.54. The molecule has 1 aromatic carbocycles. The number of nitrogens with one attached hydrogen (secondary N) is 4. The number of para-hydroxylation sites is 1. The molecule has 2 rings (SSSR count). The highest BCUT2D eigenvalue weighted by molar-refractivity contribution is 5.95. The highest BCUT2D eigenvalue weighted by atomic mass is 16.4. The van der Waals surface area contributed by atoms with Gasteiger partial charge in [0.15, 0.2) is 0 Å². The van der Waals surface area contributed by atoms with Crippen LogP contribution in [-0.2, 0) is 35.2 Å². The summed E-state index contributed by atoms with van der Waals surface area (Å²) in [4.78, 5) is 74.8. The molecule has 0 fully saturated rings. The van der Waals surface area contributed by atoms with Crippen molar-refractivity contribution >= 4 is 46.4 Å². The van der Waals surface area contributed by atoms with Crippen LogP contribution < -0.4 is 33.2 Å². The molecule has 14 heteroatoms. The van der Waals surface area contributed by atoms with Crippen LogP contribution in [0.2, 0.25) is 0 Å². The Morgan fingerprint density at radius 2 is 1.57 bits per heavy atom. The molecule has 14 nitrogen and oxygen atoms in total. The molecule has 200 valence electrons. The second kappa shape index (κ2) is 13.0. The lowest BCUT2D eigenvalue weighted by Gasteiger charge is -2.23. The maximum absolute atomic E-state index is 13.1. The number of carbonyl (C=O) groups excluding carboxylic acids is 5. The minimum Gasteiger partial charge on any atom is -0.480 e. The molecule has 0 spiro atoms. The van der Waals surface area contributed by atoms with Gasteiger partial charge >= 0.3 is 5.97 Å². The fourth-order valence-electron chi connectivity index (χ4n) is 3.54. The van der Waals surface area contributed by atoms with Crippen LogP contribution in [0, 0.1) is 0 Å². The fraction of sp³-hybridized carbons (Fsp3) is 0.391. The van der Waals surface area contributed by atoms with E-state index in [1.165, 1.54) is 6.92 Å². The summed E-state index contributed by atoms with van der Waals surface area (Å²) in [7, 11) is 0. The molecule has 37 heavy (non-hydrogen) atoms. The molecule has 0 bridgehead atoms. The number of benzene rings is 1. The molecule has 11 N–H and O–H groups in total. The quantitative estimate of drug-likeness (QED) is 0.135. The van der Waals surface area contributed by atoms with Gasteiger partial charge in [-0.25, -0.2) is 4.79 Å². The van der Waals surface area contributed by atoms with Crippen molar-refractivity contribution in [1.29, 1.82) is 0 Å². The topological polar surface area (TPSA) is 253 Å². The molecule has 5 amide bonds. The number of primary amides is 2. The maximum Gasteiger partial charge on any atom is 0.326 e. The number of carboxylic acids is 1. The van der Waals surface area contributed by atoms with Crippen molar-refractivity contribution in [2.45, 2.75) is 56.8 Å². The predicted octanol–water partition coefficient (Wildman–Crippen LogP) is -2.26. The number of fused-ring (bicyclic) bond motifs is 1. The van der Waals surface area contributed by atoms with Gasteiger partial charge in [0.25, 0.3) is 0 Å². The molecule has 1 heterocycles.